The van der Waals surface area contributed by atoms with E-state index in [2.05, 4.69) is 84.0 Å². The summed E-state index contributed by atoms with van der Waals surface area (Å²) in [6, 6.07) is 17.5. The summed E-state index contributed by atoms with van der Waals surface area (Å²) in [5, 5.41) is 0. The zero-order valence-corrected chi connectivity index (χ0v) is 14.8. The van der Waals surface area contributed by atoms with Gasteiger partial charge in [0.25, 0.3) is 0 Å². The summed E-state index contributed by atoms with van der Waals surface area (Å²) in [4.78, 5) is 4.73. The van der Waals surface area contributed by atoms with Gasteiger partial charge in [-0.3, -0.25) is 4.90 Å². The Morgan fingerprint density at radius 1 is 0.833 bits per heavy atom. The van der Waals surface area contributed by atoms with Gasteiger partial charge in [0, 0.05) is 11.4 Å². The summed E-state index contributed by atoms with van der Waals surface area (Å²) < 4.78 is 0. The molecule has 124 valence electrons. The fraction of sp³-hybridized carbons (Fsp3) is 0.364. The zero-order valence-electron chi connectivity index (χ0n) is 14.8. The van der Waals surface area contributed by atoms with Crippen LogP contribution in [0.2, 0.25) is 0 Å². The topological polar surface area (TPSA) is 6.48 Å². The van der Waals surface area contributed by atoms with Crippen LogP contribution in [0.15, 0.2) is 48.5 Å². The molecule has 0 saturated heterocycles. The largest absolute Gasteiger partial charge is 0.329 e. The van der Waals surface area contributed by atoms with Gasteiger partial charge in [-0.1, -0.05) is 62.1 Å². The number of fused-ring (bicyclic) bond motifs is 2. The fourth-order valence-corrected chi connectivity index (χ4v) is 3.29. The van der Waals surface area contributed by atoms with Crippen LogP contribution < -0.4 is 4.90 Å². The third-order valence-corrected chi connectivity index (χ3v) is 4.79. The van der Waals surface area contributed by atoms with Crippen molar-refractivity contribution in [3.63, 3.8) is 0 Å². The second kappa shape index (κ2) is 8.04. The quantitative estimate of drug-likeness (QED) is 0.777. The Bertz CT molecular complexity index is 687. The molecule has 0 aromatic heterocycles. The summed E-state index contributed by atoms with van der Waals surface area (Å²) in [7, 11) is 0. The van der Waals surface area contributed by atoms with E-state index >= 15 is 0 Å². The lowest BCUT2D eigenvalue weighted by Crippen LogP contribution is -2.23. The van der Waals surface area contributed by atoms with E-state index in [4.69, 9.17) is 0 Å². The molecule has 0 bridgehead atoms. The molecule has 2 heteroatoms. The van der Waals surface area contributed by atoms with Crippen LogP contribution in [0.5, 0.6) is 0 Å². The molecule has 0 saturated carbocycles. The highest BCUT2D eigenvalue weighted by molar-refractivity contribution is 5.71. The fourth-order valence-electron chi connectivity index (χ4n) is 3.29. The van der Waals surface area contributed by atoms with Crippen LogP contribution in [0, 0.1) is 11.8 Å². The summed E-state index contributed by atoms with van der Waals surface area (Å²) >= 11 is 0. The van der Waals surface area contributed by atoms with Gasteiger partial charge < -0.3 is 4.90 Å². The van der Waals surface area contributed by atoms with Crippen molar-refractivity contribution >= 4 is 11.4 Å². The summed E-state index contributed by atoms with van der Waals surface area (Å²) in [5.74, 6) is 6.75. The highest BCUT2D eigenvalue weighted by Crippen LogP contribution is 2.35. The number of aryl methyl sites for hydroxylation is 2. The molecule has 1 aliphatic heterocycles. The molecule has 0 fully saturated rings. The van der Waals surface area contributed by atoms with Crippen molar-refractivity contribution < 1.29 is 0 Å². The van der Waals surface area contributed by atoms with Crippen molar-refractivity contribution in [1.82, 2.24) is 4.90 Å². The van der Waals surface area contributed by atoms with E-state index in [0.717, 1.165) is 39.0 Å². The van der Waals surface area contributed by atoms with E-state index < -0.39 is 0 Å². The SMILES string of the molecule is CCN(CC)CC#CCN1c2ccccc2CCc2ccccc21. The van der Waals surface area contributed by atoms with E-state index in [-0.39, 0.29) is 0 Å². The van der Waals surface area contributed by atoms with Crippen molar-refractivity contribution in [3.05, 3.63) is 59.7 Å². The van der Waals surface area contributed by atoms with Gasteiger partial charge in [-0.25, -0.2) is 0 Å². The molecule has 0 aliphatic carbocycles. The Hall–Kier alpha value is -2.24. The molecule has 0 atom stereocenters. The lowest BCUT2D eigenvalue weighted by molar-refractivity contribution is 0.342. The van der Waals surface area contributed by atoms with Gasteiger partial charge in [0.2, 0.25) is 0 Å². The molecular formula is C22H26N2. The predicted molar refractivity (Wildman–Crippen MR) is 103 cm³/mol. The lowest BCUT2D eigenvalue weighted by Gasteiger charge is -2.24. The number of nitrogens with zero attached hydrogens (tertiary/aromatic N) is 2. The Morgan fingerprint density at radius 3 is 1.92 bits per heavy atom. The molecule has 3 rings (SSSR count). The van der Waals surface area contributed by atoms with E-state index in [9.17, 15) is 0 Å². The van der Waals surface area contributed by atoms with Gasteiger partial charge in [-0.05, 0) is 49.2 Å². The number of rotatable bonds is 4. The maximum Gasteiger partial charge on any atom is 0.0843 e. The van der Waals surface area contributed by atoms with Crippen LogP contribution in [0.4, 0.5) is 11.4 Å². The summed E-state index contributed by atoms with van der Waals surface area (Å²) in [5.41, 5.74) is 5.44. The maximum atomic E-state index is 3.40. The van der Waals surface area contributed by atoms with Crippen molar-refractivity contribution in [3.8, 4) is 11.8 Å². The monoisotopic (exact) mass is 318 g/mol. The molecule has 0 amide bonds. The molecule has 2 aromatic carbocycles. The van der Waals surface area contributed by atoms with Gasteiger partial charge in [-0.15, -0.1) is 0 Å². The molecule has 0 unspecified atom stereocenters. The molecule has 1 aliphatic rings. The van der Waals surface area contributed by atoms with Crippen molar-refractivity contribution in [2.45, 2.75) is 26.7 Å². The first kappa shape index (κ1) is 16.6. The molecule has 0 spiro atoms. The van der Waals surface area contributed by atoms with Gasteiger partial charge >= 0.3 is 0 Å². The number of hydrogen-bond acceptors (Lipinski definition) is 2. The standard InChI is InChI=1S/C22H26N2/c1-3-23(4-2)17-9-10-18-24-21-13-7-5-11-19(21)15-16-20-12-6-8-14-22(20)24/h5-8,11-14H,3-4,15-18H2,1-2H3. The smallest absolute Gasteiger partial charge is 0.0843 e. The highest BCUT2D eigenvalue weighted by atomic mass is 15.1. The number of benzene rings is 2. The lowest BCUT2D eigenvalue weighted by atomic mass is 10.0. The van der Waals surface area contributed by atoms with Crippen molar-refractivity contribution in [1.29, 1.82) is 0 Å². The maximum absolute atomic E-state index is 3.40. The highest BCUT2D eigenvalue weighted by Gasteiger charge is 2.18. The van der Waals surface area contributed by atoms with Crippen LogP contribution in [0.3, 0.4) is 0 Å². The molecule has 24 heavy (non-hydrogen) atoms. The van der Waals surface area contributed by atoms with E-state index in [1.807, 2.05) is 0 Å². The summed E-state index contributed by atoms with van der Waals surface area (Å²) in [6.45, 7) is 8.08. The minimum Gasteiger partial charge on any atom is -0.329 e. The molecule has 1 heterocycles. The first-order valence-corrected chi connectivity index (χ1v) is 8.95. The molecule has 2 nitrogen and oxygen atoms in total. The Labute approximate surface area is 146 Å². The number of hydrogen-bond donors (Lipinski definition) is 0. The van der Waals surface area contributed by atoms with Crippen molar-refractivity contribution in [2.75, 3.05) is 31.1 Å². The van der Waals surface area contributed by atoms with Crippen LogP contribution in [0.25, 0.3) is 0 Å². The van der Waals surface area contributed by atoms with Crippen molar-refractivity contribution in [2.24, 2.45) is 0 Å². The first-order chi connectivity index (χ1) is 11.8. The Kier molecular flexibility index (Phi) is 5.56. The van der Waals surface area contributed by atoms with Crippen LogP contribution >= 0.6 is 0 Å². The number of anilines is 2. The Morgan fingerprint density at radius 2 is 1.38 bits per heavy atom. The Balaban J connectivity index is 1.87. The second-order valence-electron chi connectivity index (χ2n) is 6.16. The van der Waals surface area contributed by atoms with E-state index in [1.165, 1.54) is 22.5 Å². The van der Waals surface area contributed by atoms with Crippen LogP contribution in [0.1, 0.15) is 25.0 Å². The third-order valence-electron chi connectivity index (χ3n) is 4.79. The van der Waals surface area contributed by atoms with Gasteiger partial charge in [0.05, 0.1) is 13.1 Å². The van der Waals surface area contributed by atoms with Crippen LogP contribution in [-0.2, 0) is 12.8 Å². The average Bonchev–Trinajstić information content (AvgIpc) is 2.79. The van der Waals surface area contributed by atoms with E-state index in [1.54, 1.807) is 0 Å². The normalized spacial score (nSPS) is 12.9. The second-order valence-corrected chi connectivity index (χ2v) is 6.16. The minimum atomic E-state index is 0.745. The molecular weight excluding hydrogens is 292 g/mol. The predicted octanol–water partition coefficient (Wildman–Crippen LogP) is 4.27. The zero-order chi connectivity index (χ0) is 16.8. The minimum absolute atomic E-state index is 0.745. The number of para-hydroxylation sites is 2. The van der Waals surface area contributed by atoms with Gasteiger partial charge in [0.1, 0.15) is 0 Å². The van der Waals surface area contributed by atoms with E-state index in [0.29, 0.717) is 0 Å². The molecule has 2 aromatic rings. The third kappa shape index (κ3) is 3.63. The molecule has 0 radical (unpaired) electrons. The van der Waals surface area contributed by atoms with Gasteiger partial charge in [0.15, 0.2) is 0 Å². The summed E-state index contributed by atoms with van der Waals surface area (Å²) in [6.07, 6.45) is 2.19. The average molecular weight is 318 g/mol. The first-order valence-electron chi connectivity index (χ1n) is 8.95. The molecule has 0 N–H and O–H groups in total. The van der Waals surface area contributed by atoms with Gasteiger partial charge in [-0.2, -0.15) is 0 Å². The van der Waals surface area contributed by atoms with Crippen LogP contribution in [-0.4, -0.2) is 31.1 Å².